The molecular weight excluding hydrogens is 302 g/mol. The summed E-state index contributed by atoms with van der Waals surface area (Å²) in [6.45, 7) is 1.95. The Morgan fingerprint density at radius 2 is 1.78 bits per heavy atom. The Kier molecular flexibility index (Phi) is 7.18. The maximum Gasteiger partial charge on any atom is 0.308 e. The Bertz CT molecular complexity index is 558. The average Bonchev–Trinajstić information content (AvgIpc) is 2.56. The standard InChI is InChI=1S/C16H23NO6/c1-5-6-10(16(19)20)9-17-15(18)11-7-8-12(21-2)14(23-4)13(11)22-3/h7-8,10H,5-6,9H2,1-4H3,(H,17,18)(H,19,20). The first-order valence-corrected chi connectivity index (χ1v) is 7.30. The molecule has 0 fully saturated rings. The Hall–Kier alpha value is -2.44. The molecule has 1 atom stereocenters. The van der Waals surface area contributed by atoms with Gasteiger partial charge in [-0.1, -0.05) is 13.3 Å². The Morgan fingerprint density at radius 3 is 2.26 bits per heavy atom. The summed E-state index contributed by atoms with van der Waals surface area (Å²) in [7, 11) is 4.36. The summed E-state index contributed by atoms with van der Waals surface area (Å²) in [5.74, 6) is -0.973. The Labute approximate surface area is 135 Å². The number of carboxylic acids is 1. The van der Waals surface area contributed by atoms with Gasteiger partial charge in [-0.3, -0.25) is 9.59 Å². The molecule has 0 saturated heterocycles. The van der Waals surface area contributed by atoms with Crippen LogP contribution in [0.25, 0.3) is 0 Å². The Morgan fingerprint density at radius 1 is 1.13 bits per heavy atom. The van der Waals surface area contributed by atoms with Crippen LogP contribution in [0.15, 0.2) is 12.1 Å². The lowest BCUT2D eigenvalue weighted by Gasteiger charge is -2.16. The summed E-state index contributed by atoms with van der Waals surface area (Å²) in [6, 6.07) is 3.14. The average molecular weight is 325 g/mol. The van der Waals surface area contributed by atoms with Crippen molar-refractivity contribution in [2.45, 2.75) is 19.8 Å². The van der Waals surface area contributed by atoms with Crippen molar-refractivity contribution in [3.63, 3.8) is 0 Å². The molecule has 0 heterocycles. The van der Waals surface area contributed by atoms with Crippen LogP contribution < -0.4 is 19.5 Å². The summed E-state index contributed by atoms with van der Waals surface area (Å²) in [4.78, 5) is 23.5. The quantitative estimate of drug-likeness (QED) is 0.720. The van der Waals surface area contributed by atoms with E-state index < -0.39 is 17.8 Å². The fourth-order valence-electron chi connectivity index (χ4n) is 2.25. The third-order valence-corrected chi connectivity index (χ3v) is 3.44. The van der Waals surface area contributed by atoms with E-state index in [2.05, 4.69) is 5.32 Å². The molecule has 1 aromatic carbocycles. The number of aliphatic carboxylic acids is 1. The molecule has 1 amide bonds. The van der Waals surface area contributed by atoms with Gasteiger partial charge in [0.25, 0.3) is 5.91 Å². The first-order valence-electron chi connectivity index (χ1n) is 7.30. The number of methoxy groups -OCH3 is 3. The number of hydrogen-bond donors (Lipinski definition) is 2. The van der Waals surface area contributed by atoms with Crippen LogP contribution in [0.4, 0.5) is 0 Å². The maximum absolute atomic E-state index is 12.3. The lowest BCUT2D eigenvalue weighted by Crippen LogP contribution is -2.33. The number of benzene rings is 1. The summed E-state index contributed by atoms with van der Waals surface area (Å²) < 4.78 is 15.6. The largest absolute Gasteiger partial charge is 0.493 e. The molecular formula is C16H23NO6. The molecule has 0 radical (unpaired) electrons. The number of amides is 1. The van der Waals surface area contributed by atoms with Crippen LogP contribution in [0.2, 0.25) is 0 Å². The van der Waals surface area contributed by atoms with Gasteiger partial charge in [0.2, 0.25) is 5.75 Å². The van der Waals surface area contributed by atoms with Crippen LogP contribution >= 0.6 is 0 Å². The fourth-order valence-corrected chi connectivity index (χ4v) is 2.25. The van der Waals surface area contributed by atoms with Gasteiger partial charge >= 0.3 is 5.97 Å². The van der Waals surface area contributed by atoms with E-state index in [-0.39, 0.29) is 17.9 Å². The van der Waals surface area contributed by atoms with Crippen molar-refractivity contribution in [2.75, 3.05) is 27.9 Å². The molecule has 1 rings (SSSR count). The van der Waals surface area contributed by atoms with Crippen LogP contribution in [0.1, 0.15) is 30.1 Å². The minimum atomic E-state index is -0.925. The molecule has 1 unspecified atom stereocenters. The molecule has 7 heteroatoms. The first kappa shape index (κ1) is 18.6. The van der Waals surface area contributed by atoms with Crippen molar-refractivity contribution in [3.8, 4) is 17.2 Å². The molecule has 1 aromatic rings. The van der Waals surface area contributed by atoms with Gasteiger partial charge in [0.1, 0.15) is 0 Å². The van der Waals surface area contributed by atoms with Crippen LogP contribution in [0.5, 0.6) is 17.2 Å². The summed E-state index contributed by atoms with van der Waals surface area (Å²) in [5, 5.41) is 11.8. The van der Waals surface area contributed by atoms with E-state index >= 15 is 0 Å². The fraction of sp³-hybridized carbons (Fsp3) is 0.500. The monoisotopic (exact) mass is 325 g/mol. The smallest absolute Gasteiger partial charge is 0.308 e. The van der Waals surface area contributed by atoms with E-state index in [1.165, 1.54) is 21.3 Å². The molecule has 0 aliphatic rings. The van der Waals surface area contributed by atoms with Gasteiger partial charge in [0.05, 0.1) is 32.8 Å². The Balaban J connectivity index is 2.97. The highest BCUT2D eigenvalue weighted by molar-refractivity contribution is 5.98. The number of nitrogens with one attached hydrogen (secondary N) is 1. The molecule has 0 spiro atoms. The predicted octanol–water partition coefficient (Wildman–Crippen LogP) is 1.94. The number of carboxylic acid groups (broad SMARTS) is 1. The van der Waals surface area contributed by atoms with Crippen LogP contribution in [0.3, 0.4) is 0 Å². The third-order valence-electron chi connectivity index (χ3n) is 3.44. The van der Waals surface area contributed by atoms with E-state index in [4.69, 9.17) is 19.3 Å². The molecule has 0 aliphatic carbocycles. The zero-order chi connectivity index (χ0) is 17.4. The zero-order valence-electron chi connectivity index (χ0n) is 13.8. The summed E-state index contributed by atoms with van der Waals surface area (Å²) >= 11 is 0. The number of carbonyl (C=O) groups excluding carboxylic acids is 1. The van der Waals surface area contributed by atoms with Gasteiger partial charge in [-0.05, 0) is 18.6 Å². The second-order valence-corrected chi connectivity index (χ2v) is 4.92. The van der Waals surface area contributed by atoms with Crippen molar-refractivity contribution < 1.29 is 28.9 Å². The molecule has 0 aromatic heterocycles. The SMILES string of the molecule is CCCC(CNC(=O)c1ccc(OC)c(OC)c1OC)C(=O)O. The van der Waals surface area contributed by atoms with Gasteiger partial charge in [-0.2, -0.15) is 0 Å². The highest BCUT2D eigenvalue weighted by Gasteiger charge is 2.22. The number of rotatable bonds is 9. The number of ether oxygens (including phenoxy) is 3. The number of hydrogen-bond acceptors (Lipinski definition) is 5. The topological polar surface area (TPSA) is 94.1 Å². The molecule has 2 N–H and O–H groups in total. The lowest BCUT2D eigenvalue weighted by molar-refractivity contribution is -0.141. The van der Waals surface area contributed by atoms with Crippen molar-refractivity contribution >= 4 is 11.9 Å². The van der Waals surface area contributed by atoms with Crippen molar-refractivity contribution in [2.24, 2.45) is 5.92 Å². The van der Waals surface area contributed by atoms with Gasteiger partial charge in [-0.25, -0.2) is 0 Å². The minimum absolute atomic E-state index is 0.0551. The third kappa shape index (κ3) is 4.51. The predicted molar refractivity (Wildman–Crippen MR) is 84.5 cm³/mol. The highest BCUT2D eigenvalue weighted by Crippen LogP contribution is 2.39. The highest BCUT2D eigenvalue weighted by atomic mass is 16.5. The molecule has 23 heavy (non-hydrogen) atoms. The second kappa shape index (κ2) is 8.87. The van der Waals surface area contributed by atoms with Crippen LogP contribution in [-0.4, -0.2) is 44.9 Å². The molecule has 0 aliphatic heterocycles. The summed E-state index contributed by atoms with van der Waals surface area (Å²) in [6.07, 6.45) is 1.23. The minimum Gasteiger partial charge on any atom is -0.493 e. The lowest BCUT2D eigenvalue weighted by atomic mass is 10.0. The molecule has 0 bridgehead atoms. The van der Waals surface area contributed by atoms with Gasteiger partial charge in [0, 0.05) is 6.54 Å². The number of carbonyl (C=O) groups is 2. The normalized spacial score (nSPS) is 11.5. The molecule has 7 nitrogen and oxygen atoms in total. The van der Waals surface area contributed by atoms with Crippen LogP contribution in [0, 0.1) is 5.92 Å². The van der Waals surface area contributed by atoms with E-state index in [1.54, 1.807) is 12.1 Å². The van der Waals surface area contributed by atoms with E-state index in [0.717, 1.165) is 6.42 Å². The summed E-state index contributed by atoms with van der Waals surface area (Å²) in [5.41, 5.74) is 0.255. The van der Waals surface area contributed by atoms with Gasteiger partial charge < -0.3 is 24.6 Å². The molecule has 0 saturated carbocycles. The van der Waals surface area contributed by atoms with Crippen molar-refractivity contribution in [1.29, 1.82) is 0 Å². The van der Waals surface area contributed by atoms with Crippen molar-refractivity contribution in [3.05, 3.63) is 17.7 Å². The van der Waals surface area contributed by atoms with Crippen LogP contribution in [-0.2, 0) is 4.79 Å². The van der Waals surface area contributed by atoms with Crippen molar-refractivity contribution in [1.82, 2.24) is 5.32 Å². The van der Waals surface area contributed by atoms with E-state index in [9.17, 15) is 9.59 Å². The molecule has 128 valence electrons. The van der Waals surface area contributed by atoms with Gasteiger partial charge in [0.15, 0.2) is 11.5 Å². The van der Waals surface area contributed by atoms with E-state index in [0.29, 0.717) is 17.9 Å². The first-order chi connectivity index (χ1) is 11.0. The van der Waals surface area contributed by atoms with E-state index in [1.807, 2.05) is 6.92 Å². The van der Waals surface area contributed by atoms with Gasteiger partial charge in [-0.15, -0.1) is 0 Å². The second-order valence-electron chi connectivity index (χ2n) is 4.92. The maximum atomic E-state index is 12.3. The zero-order valence-corrected chi connectivity index (χ0v) is 13.8.